The van der Waals surface area contributed by atoms with E-state index in [1.54, 1.807) is 20.0 Å². The number of hydrogen-bond acceptors (Lipinski definition) is 4. The number of aromatic nitrogens is 2. The lowest BCUT2D eigenvalue weighted by Crippen LogP contribution is -2.07. The van der Waals surface area contributed by atoms with E-state index < -0.39 is 11.7 Å². The Kier molecular flexibility index (Phi) is 4.36. The number of hydrogen-bond donors (Lipinski definition) is 2. The fraction of sp³-hybridized carbons (Fsp3) is 0.231. The molecule has 4 nitrogen and oxygen atoms in total. The monoisotopic (exact) mass is 360 g/mol. The maximum atomic E-state index is 12.9. The molecule has 2 aromatic rings. The van der Waals surface area contributed by atoms with Gasteiger partial charge in [0.05, 0.1) is 5.56 Å². The highest BCUT2D eigenvalue weighted by Crippen LogP contribution is 2.36. The fourth-order valence-electron chi connectivity index (χ4n) is 1.73. The van der Waals surface area contributed by atoms with Gasteiger partial charge in [-0.1, -0.05) is 15.9 Å². The summed E-state index contributed by atoms with van der Waals surface area (Å²) in [5.74, 6) is 1.51. The van der Waals surface area contributed by atoms with Crippen LogP contribution in [0.3, 0.4) is 0 Å². The molecule has 8 heteroatoms. The smallest absolute Gasteiger partial charge is 0.373 e. The van der Waals surface area contributed by atoms with Crippen LogP contribution in [0.2, 0.25) is 0 Å². The molecule has 21 heavy (non-hydrogen) atoms. The SMILES string of the molecule is CNc1cc(Nc2ccc(Br)c(C(F)(F)F)c2)nc(C)n1. The Balaban J connectivity index is 2.34. The Bertz CT molecular complexity index is 658. The number of aryl methyl sites for hydroxylation is 1. The predicted molar refractivity (Wildman–Crippen MR) is 78.7 cm³/mol. The highest BCUT2D eigenvalue weighted by atomic mass is 79.9. The minimum absolute atomic E-state index is 0.00432. The maximum Gasteiger partial charge on any atom is 0.417 e. The van der Waals surface area contributed by atoms with Crippen LogP contribution in [0.5, 0.6) is 0 Å². The van der Waals surface area contributed by atoms with Gasteiger partial charge in [-0.05, 0) is 25.1 Å². The molecule has 2 rings (SSSR count). The number of rotatable bonds is 3. The molecule has 0 atom stereocenters. The summed E-state index contributed by atoms with van der Waals surface area (Å²) in [5, 5.41) is 5.71. The molecule has 0 aliphatic rings. The van der Waals surface area contributed by atoms with Gasteiger partial charge in [0.15, 0.2) is 0 Å². The van der Waals surface area contributed by atoms with Crippen LogP contribution in [0, 0.1) is 6.92 Å². The third-order valence-electron chi connectivity index (χ3n) is 2.64. The molecule has 0 bridgehead atoms. The van der Waals surface area contributed by atoms with E-state index in [0.717, 1.165) is 6.07 Å². The minimum atomic E-state index is -4.42. The number of anilines is 3. The second-order valence-corrected chi connectivity index (χ2v) is 5.11. The van der Waals surface area contributed by atoms with E-state index >= 15 is 0 Å². The molecule has 0 unspecified atom stereocenters. The van der Waals surface area contributed by atoms with E-state index in [1.807, 2.05) is 0 Å². The second kappa shape index (κ2) is 5.88. The molecule has 0 saturated carbocycles. The van der Waals surface area contributed by atoms with Crippen molar-refractivity contribution in [3.05, 3.63) is 40.1 Å². The molecule has 0 spiro atoms. The van der Waals surface area contributed by atoms with Gasteiger partial charge in [-0.25, -0.2) is 9.97 Å². The van der Waals surface area contributed by atoms with E-state index in [2.05, 4.69) is 36.5 Å². The zero-order valence-corrected chi connectivity index (χ0v) is 12.8. The lowest BCUT2D eigenvalue weighted by molar-refractivity contribution is -0.138. The Hall–Kier alpha value is -1.83. The van der Waals surface area contributed by atoms with Gasteiger partial charge < -0.3 is 10.6 Å². The predicted octanol–water partition coefficient (Wildman–Crippen LogP) is 4.35. The van der Waals surface area contributed by atoms with Gasteiger partial charge in [0.2, 0.25) is 0 Å². The third kappa shape index (κ3) is 3.84. The molecular weight excluding hydrogens is 349 g/mol. The van der Waals surface area contributed by atoms with Crippen LogP contribution in [-0.4, -0.2) is 17.0 Å². The van der Waals surface area contributed by atoms with Gasteiger partial charge in [0, 0.05) is 23.3 Å². The molecule has 0 radical (unpaired) electrons. The van der Waals surface area contributed by atoms with Gasteiger partial charge in [-0.15, -0.1) is 0 Å². The summed E-state index contributed by atoms with van der Waals surface area (Å²) >= 11 is 2.90. The van der Waals surface area contributed by atoms with Gasteiger partial charge in [0.1, 0.15) is 17.5 Å². The molecule has 1 aromatic heterocycles. The summed E-state index contributed by atoms with van der Waals surface area (Å²) in [7, 11) is 1.70. The van der Waals surface area contributed by atoms with Crippen molar-refractivity contribution in [3.63, 3.8) is 0 Å². The summed E-state index contributed by atoms with van der Waals surface area (Å²) in [6, 6.07) is 5.52. The van der Waals surface area contributed by atoms with Crippen molar-refractivity contribution in [2.24, 2.45) is 0 Å². The summed E-state index contributed by atoms with van der Waals surface area (Å²) < 4.78 is 38.6. The topological polar surface area (TPSA) is 49.8 Å². The zero-order chi connectivity index (χ0) is 15.6. The largest absolute Gasteiger partial charge is 0.417 e. The Labute approximate surface area is 127 Å². The second-order valence-electron chi connectivity index (χ2n) is 4.25. The molecule has 0 fully saturated rings. The molecule has 1 aromatic carbocycles. The summed E-state index contributed by atoms with van der Waals surface area (Å²) in [6.45, 7) is 1.70. The van der Waals surface area contributed by atoms with E-state index in [-0.39, 0.29) is 4.47 Å². The van der Waals surface area contributed by atoms with Crippen LogP contribution in [0.25, 0.3) is 0 Å². The fourth-order valence-corrected chi connectivity index (χ4v) is 2.20. The first kappa shape index (κ1) is 15.6. The van der Waals surface area contributed by atoms with Crippen LogP contribution in [0.4, 0.5) is 30.5 Å². The number of benzene rings is 1. The van der Waals surface area contributed by atoms with Gasteiger partial charge >= 0.3 is 6.18 Å². The molecule has 2 N–H and O–H groups in total. The number of halogens is 4. The first-order valence-electron chi connectivity index (χ1n) is 5.97. The molecule has 112 valence electrons. The average Bonchev–Trinajstić information content (AvgIpc) is 2.39. The Morgan fingerprint density at radius 2 is 1.76 bits per heavy atom. The lowest BCUT2D eigenvalue weighted by Gasteiger charge is -2.13. The molecule has 1 heterocycles. The van der Waals surface area contributed by atoms with Crippen molar-refractivity contribution in [2.45, 2.75) is 13.1 Å². The summed E-state index contributed by atoms with van der Waals surface area (Å²) in [4.78, 5) is 8.25. The highest BCUT2D eigenvalue weighted by molar-refractivity contribution is 9.10. The Morgan fingerprint density at radius 3 is 2.38 bits per heavy atom. The summed E-state index contributed by atoms with van der Waals surface area (Å²) in [6.07, 6.45) is -4.42. The standard InChI is InChI=1S/C13H12BrF3N4/c1-7-19-11(18-2)6-12(20-7)21-8-3-4-10(14)9(5-8)13(15,16)17/h3-6H,1-2H3,(H2,18,19,20,21). The number of alkyl halides is 3. The molecule has 0 aliphatic heterocycles. The third-order valence-corrected chi connectivity index (χ3v) is 3.33. The maximum absolute atomic E-state index is 12.9. The van der Waals surface area contributed by atoms with Gasteiger partial charge in [-0.3, -0.25) is 0 Å². The van der Waals surface area contributed by atoms with Crippen molar-refractivity contribution in [2.75, 3.05) is 17.7 Å². The minimum Gasteiger partial charge on any atom is -0.373 e. The number of nitrogens with one attached hydrogen (secondary N) is 2. The normalized spacial score (nSPS) is 11.3. The van der Waals surface area contributed by atoms with Gasteiger partial charge in [-0.2, -0.15) is 13.2 Å². The van der Waals surface area contributed by atoms with E-state index in [4.69, 9.17) is 0 Å². The Morgan fingerprint density at radius 1 is 1.10 bits per heavy atom. The highest BCUT2D eigenvalue weighted by Gasteiger charge is 2.33. The van der Waals surface area contributed by atoms with Crippen molar-refractivity contribution in [3.8, 4) is 0 Å². The zero-order valence-electron chi connectivity index (χ0n) is 11.2. The van der Waals surface area contributed by atoms with Crippen LogP contribution >= 0.6 is 15.9 Å². The van der Waals surface area contributed by atoms with Crippen molar-refractivity contribution < 1.29 is 13.2 Å². The summed E-state index contributed by atoms with van der Waals surface area (Å²) in [5.41, 5.74) is -0.446. The van der Waals surface area contributed by atoms with Crippen molar-refractivity contribution >= 4 is 33.3 Å². The van der Waals surface area contributed by atoms with Gasteiger partial charge in [0.25, 0.3) is 0 Å². The van der Waals surface area contributed by atoms with Crippen LogP contribution in [0.15, 0.2) is 28.7 Å². The van der Waals surface area contributed by atoms with Crippen molar-refractivity contribution in [1.82, 2.24) is 9.97 Å². The molecular formula is C13H12BrF3N4. The molecule has 0 aliphatic carbocycles. The van der Waals surface area contributed by atoms with E-state index in [1.165, 1.54) is 12.1 Å². The van der Waals surface area contributed by atoms with Crippen LogP contribution in [0.1, 0.15) is 11.4 Å². The first-order valence-corrected chi connectivity index (χ1v) is 6.76. The lowest BCUT2D eigenvalue weighted by atomic mass is 10.2. The first-order chi connectivity index (χ1) is 9.79. The van der Waals surface area contributed by atoms with Crippen LogP contribution < -0.4 is 10.6 Å². The molecule has 0 saturated heterocycles. The number of nitrogens with zero attached hydrogens (tertiary/aromatic N) is 2. The van der Waals surface area contributed by atoms with E-state index in [9.17, 15) is 13.2 Å². The average molecular weight is 361 g/mol. The molecule has 0 amide bonds. The van der Waals surface area contributed by atoms with Crippen molar-refractivity contribution in [1.29, 1.82) is 0 Å². The van der Waals surface area contributed by atoms with Crippen LogP contribution in [-0.2, 0) is 6.18 Å². The van der Waals surface area contributed by atoms with E-state index in [0.29, 0.717) is 23.1 Å². The quantitative estimate of drug-likeness (QED) is 0.854.